The van der Waals surface area contributed by atoms with Crippen molar-refractivity contribution in [2.45, 2.75) is 33.2 Å². The van der Waals surface area contributed by atoms with Gasteiger partial charge >= 0.3 is 0 Å². The Labute approximate surface area is 96.6 Å². The fourth-order valence-corrected chi connectivity index (χ4v) is 1.56. The molecule has 0 spiro atoms. The van der Waals surface area contributed by atoms with E-state index in [2.05, 4.69) is 35.6 Å². The van der Waals surface area contributed by atoms with Crippen molar-refractivity contribution >= 4 is 11.8 Å². The number of ether oxygens (including phenoxy) is 1. The van der Waals surface area contributed by atoms with E-state index in [1.54, 1.807) is 7.11 Å². The van der Waals surface area contributed by atoms with Gasteiger partial charge in [0, 0.05) is 18.7 Å². The Bertz CT molecular complexity index is 341. The van der Waals surface area contributed by atoms with Crippen LogP contribution in [0, 0.1) is 0 Å². The van der Waals surface area contributed by atoms with E-state index in [-0.39, 0.29) is 5.95 Å². The molecule has 0 amide bonds. The second-order valence-corrected chi connectivity index (χ2v) is 3.91. The average molecular weight is 224 g/mol. The van der Waals surface area contributed by atoms with Crippen molar-refractivity contribution in [1.29, 1.82) is 0 Å². The van der Waals surface area contributed by atoms with Crippen LogP contribution in [-0.2, 0) is 0 Å². The summed E-state index contributed by atoms with van der Waals surface area (Å²) in [5, 5.41) is 0. The lowest BCUT2D eigenvalue weighted by atomic mass is 10.3. The van der Waals surface area contributed by atoms with E-state index in [9.17, 15) is 0 Å². The summed E-state index contributed by atoms with van der Waals surface area (Å²) in [6.45, 7) is 7.33. The van der Waals surface area contributed by atoms with Gasteiger partial charge in [0.05, 0.1) is 7.11 Å². The summed E-state index contributed by atoms with van der Waals surface area (Å²) >= 11 is 0. The van der Waals surface area contributed by atoms with E-state index >= 15 is 0 Å². The number of nitrogens with zero attached hydrogens (tertiary/aromatic N) is 3. The van der Waals surface area contributed by atoms with Crippen LogP contribution in [0.2, 0.25) is 0 Å². The number of hydrogen-bond donors (Lipinski definition) is 1. The first-order chi connectivity index (χ1) is 7.58. The third-order valence-corrected chi connectivity index (χ3v) is 2.30. The number of nitrogens with two attached hydrogens (primary N) is 1. The first-order valence-electron chi connectivity index (χ1n) is 5.53. The minimum atomic E-state index is 0.246. The summed E-state index contributed by atoms with van der Waals surface area (Å²) in [5.41, 5.74) is 5.64. The van der Waals surface area contributed by atoms with Crippen molar-refractivity contribution in [2.24, 2.45) is 0 Å². The SMILES string of the molecule is CCCN(c1cc(OC)nc(N)n1)C(C)C. The Morgan fingerprint density at radius 2 is 2.12 bits per heavy atom. The molecule has 0 bridgehead atoms. The quantitative estimate of drug-likeness (QED) is 0.824. The Morgan fingerprint density at radius 1 is 1.44 bits per heavy atom. The molecule has 0 radical (unpaired) electrons. The highest BCUT2D eigenvalue weighted by Crippen LogP contribution is 2.20. The van der Waals surface area contributed by atoms with E-state index in [4.69, 9.17) is 10.5 Å². The lowest BCUT2D eigenvalue weighted by Crippen LogP contribution is -2.32. The van der Waals surface area contributed by atoms with Crippen LogP contribution >= 0.6 is 0 Å². The first kappa shape index (κ1) is 12.5. The van der Waals surface area contributed by atoms with Crippen molar-refractivity contribution in [2.75, 3.05) is 24.3 Å². The largest absolute Gasteiger partial charge is 0.481 e. The van der Waals surface area contributed by atoms with Crippen LogP contribution in [0.25, 0.3) is 0 Å². The van der Waals surface area contributed by atoms with E-state index in [1.165, 1.54) is 0 Å². The van der Waals surface area contributed by atoms with Crippen molar-refractivity contribution in [3.8, 4) is 5.88 Å². The van der Waals surface area contributed by atoms with Gasteiger partial charge in [0.1, 0.15) is 5.82 Å². The summed E-state index contributed by atoms with van der Waals surface area (Å²) < 4.78 is 5.09. The molecule has 90 valence electrons. The van der Waals surface area contributed by atoms with Crippen molar-refractivity contribution in [3.63, 3.8) is 0 Å². The van der Waals surface area contributed by atoms with E-state index in [1.807, 2.05) is 6.07 Å². The zero-order valence-corrected chi connectivity index (χ0v) is 10.4. The van der Waals surface area contributed by atoms with Gasteiger partial charge in [0.15, 0.2) is 0 Å². The molecule has 0 atom stereocenters. The molecular formula is C11H20N4O. The van der Waals surface area contributed by atoms with Gasteiger partial charge < -0.3 is 15.4 Å². The maximum Gasteiger partial charge on any atom is 0.225 e. The van der Waals surface area contributed by atoms with Gasteiger partial charge in [0.2, 0.25) is 11.8 Å². The van der Waals surface area contributed by atoms with Gasteiger partial charge in [-0.1, -0.05) is 6.92 Å². The average Bonchev–Trinajstić information content (AvgIpc) is 2.24. The second-order valence-electron chi connectivity index (χ2n) is 3.91. The molecule has 5 heteroatoms. The third-order valence-electron chi connectivity index (χ3n) is 2.30. The number of hydrogen-bond acceptors (Lipinski definition) is 5. The predicted molar refractivity (Wildman–Crippen MR) is 65.8 cm³/mol. The lowest BCUT2D eigenvalue weighted by molar-refractivity contribution is 0.397. The molecule has 0 aliphatic carbocycles. The second kappa shape index (κ2) is 5.53. The molecule has 0 aromatic carbocycles. The van der Waals surface area contributed by atoms with Crippen molar-refractivity contribution in [1.82, 2.24) is 9.97 Å². The van der Waals surface area contributed by atoms with Gasteiger partial charge in [-0.25, -0.2) is 0 Å². The maximum absolute atomic E-state index is 5.64. The topological polar surface area (TPSA) is 64.3 Å². The number of nitrogen functional groups attached to an aromatic ring is 1. The Kier molecular flexibility index (Phi) is 4.34. The monoisotopic (exact) mass is 224 g/mol. The lowest BCUT2D eigenvalue weighted by Gasteiger charge is -2.27. The minimum Gasteiger partial charge on any atom is -0.481 e. The molecule has 0 saturated heterocycles. The molecule has 5 nitrogen and oxygen atoms in total. The zero-order valence-electron chi connectivity index (χ0n) is 10.4. The molecule has 2 N–H and O–H groups in total. The summed E-state index contributed by atoms with van der Waals surface area (Å²) in [4.78, 5) is 10.4. The molecular weight excluding hydrogens is 204 g/mol. The standard InChI is InChI=1S/C11H20N4O/c1-5-6-15(8(2)3)9-7-10(16-4)14-11(12)13-9/h7-8H,5-6H2,1-4H3,(H2,12,13,14). The van der Waals surface area contributed by atoms with E-state index in [0.29, 0.717) is 11.9 Å². The fourth-order valence-electron chi connectivity index (χ4n) is 1.56. The van der Waals surface area contributed by atoms with E-state index < -0.39 is 0 Å². The Hall–Kier alpha value is -1.52. The van der Waals surface area contributed by atoms with Crippen molar-refractivity contribution in [3.05, 3.63) is 6.07 Å². The van der Waals surface area contributed by atoms with Crippen LogP contribution in [0.1, 0.15) is 27.2 Å². The number of methoxy groups -OCH3 is 1. The summed E-state index contributed by atoms with van der Waals surface area (Å²) in [6.07, 6.45) is 1.06. The molecule has 16 heavy (non-hydrogen) atoms. The molecule has 0 aliphatic rings. The fraction of sp³-hybridized carbons (Fsp3) is 0.636. The molecule has 0 saturated carbocycles. The van der Waals surface area contributed by atoms with Gasteiger partial charge in [-0.15, -0.1) is 0 Å². The van der Waals surface area contributed by atoms with Gasteiger partial charge in [0.25, 0.3) is 0 Å². The molecule has 0 unspecified atom stereocenters. The van der Waals surface area contributed by atoms with Gasteiger partial charge in [-0.3, -0.25) is 0 Å². The third kappa shape index (κ3) is 2.98. The summed E-state index contributed by atoms with van der Waals surface area (Å²) in [6, 6.07) is 2.19. The zero-order chi connectivity index (χ0) is 12.1. The number of anilines is 2. The molecule has 1 aromatic heterocycles. The number of rotatable bonds is 5. The normalized spacial score (nSPS) is 10.6. The molecule has 1 rings (SSSR count). The Balaban J connectivity index is 3.03. The number of aromatic nitrogens is 2. The maximum atomic E-state index is 5.64. The van der Waals surface area contributed by atoms with Crippen LogP contribution in [0.5, 0.6) is 5.88 Å². The van der Waals surface area contributed by atoms with Gasteiger partial charge in [-0.05, 0) is 20.3 Å². The van der Waals surface area contributed by atoms with Crippen LogP contribution in [0.3, 0.4) is 0 Å². The highest BCUT2D eigenvalue weighted by molar-refractivity contribution is 5.46. The van der Waals surface area contributed by atoms with E-state index in [0.717, 1.165) is 18.8 Å². The smallest absolute Gasteiger partial charge is 0.225 e. The van der Waals surface area contributed by atoms with Crippen LogP contribution in [-0.4, -0.2) is 29.7 Å². The molecule has 0 aliphatic heterocycles. The Morgan fingerprint density at radius 3 is 2.62 bits per heavy atom. The van der Waals surface area contributed by atoms with Gasteiger partial charge in [-0.2, -0.15) is 9.97 Å². The molecule has 1 aromatic rings. The molecule has 1 heterocycles. The first-order valence-corrected chi connectivity index (χ1v) is 5.53. The summed E-state index contributed by atoms with van der Waals surface area (Å²) in [7, 11) is 1.57. The highest BCUT2D eigenvalue weighted by Gasteiger charge is 2.13. The van der Waals surface area contributed by atoms with Crippen LogP contribution < -0.4 is 15.4 Å². The van der Waals surface area contributed by atoms with Crippen LogP contribution in [0.15, 0.2) is 6.07 Å². The molecule has 0 fully saturated rings. The predicted octanol–water partition coefficient (Wildman–Crippen LogP) is 1.69. The summed E-state index contributed by atoms with van der Waals surface area (Å²) in [5.74, 6) is 1.57. The van der Waals surface area contributed by atoms with Crippen molar-refractivity contribution < 1.29 is 4.74 Å². The van der Waals surface area contributed by atoms with Crippen LogP contribution in [0.4, 0.5) is 11.8 Å². The highest BCUT2D eigenvalue weighted by atomic mass is 16.5. The minimum absolute atomic E-state index is 0.246.